The van der Waals surface area contributed by atoms with Crippen LogP contribution in [0, 0.1) is 12.7 Å². The van der Waals surface area contributed by atoms with Gasteiger partial charge in [-0.2, -0.15) is 0 Å². The number of aryl methyl sites for hydroxylation is 1. The number of likely N-dealkylation sites (tertiary alicyclic amines) is 1. The van der Waals surface area contributed by atoms with Crippen LogP contribution in [-0.4, -0.2) is 42.1 Å². The van der Waals surface area contributed by atoms with Crippen molar-refractivity contribution in [2.24, 2.45) is 0 Å². The molecule has 136 valence electrons. The summed E-state index contributed by atoms with van der Waals surface area (Å²) < 4.78 is 13.7. The Bertz CT molecular complexity index is 799. The Labute approximate surface area is 152 Å². The van der Waals surface area contributed by atoms with E-state index in [-0.39, 0.29) is 11.7 Å². The molecule has 0 saturated carbocycles. The lowest BCUT2D eigenvalue weighted by atomic mass is 9.90. The molecule has 2 saturated heterocycles. The number of phenols is 1. The van der Waals surface area contributed by atoms with Gasteiger partial charge in [0.1, 0.15) is 0 Å². The standard InChI is InChI=1S/C21H23FN2O2/c1-14-10-16(11-19(22)20(14)25)21(26)24-12-17(13-24)15-4-6-18(7-5-15)23-8-2-3-9-23/h4-7,10-11,17,25H,2-3,8-9,12-13H2,1H3. The maximum Gasteiger partial charge on any atom is 0.254 e. The van der Waals surface area contributed by atoms with Gasteiger partial charge in [0.2, 0.25) is 0 Å². The maximum atomic E-state index is 13.7. The van der Waals surface area contributed by atoms with Crippen molar-refractivity contribution < 1.29 is 14.3 Å². The number of amides is 1. The molecule has 1 amide bonds. The van der Waals surface area contributed by atoms with Crippen molar-refractivity contribution in [2.45, 2.75) is 25.7 Å². The van der Waals surface area contributed by atoms with Crippen molar-refractivity contribution in [3.8, 4) is 5.75 Å². The Morgan fingerprint density at radius 3 is 2.38 bits per heavy atom. The number of nitrogens with zero attached hydrogens (tertiary/aromatic N) is 2. The number of anilines is 1. The minimum absolute atomic E-state index is 0.183. The van der Waals surface area contributed by atoms with Gasteiger partial charge in [0.15, 0.2) is 11.6 Å². The molecule has 4 rings (SSSR count). The molecule has 2 heterocycles. The van der Waals surface area contributed by atoms with Gasteiger partial charge in [-0.1, -0.05) is 12.1 Å². The van der Waals surface area contributed by atoms with Crippen LogP contribution in [-0.2, 0) is 0 Å². The van der Waals surface area contributed by atoms with Crippen LogP contribution >= 0.6 is 0 Å². The molecule has 5 heteroatoms. The summed E-state index contributed by atoms with van der Waals surface area (Å²) in [6, 6.07) is 11.3. The zero-order valence-corrected chi connectivity index (χ0v) is 14.9. The molecule has 2 aliphatic heterocycles. The SMILES string of the molecule is Cc1cc(C(=O)N2CC(c3ccc(N4CCCC4)cc3)C2)cc(F)c1O. The second kappa shape index (κ2) is 6.63. The van der Waals surface area contributed by atoms with Crippen LogP contribution < -0.4 is 4.90 Å². The lowest BCUT2D eigenvalue weighted by Gasteiger charge is -2.39. The Hall–Kier alpha value is -2.56. The first-order valence-electron chi connectivity index (χ1n) is 9.16. The first kappa shape index (κ1) is 16.9. The van der Waals surface area contributed by atoms with E-state index in [1.807, 2.05) is 0 Å². The summed E-state index contributed by atoms with van der Waals surface area (Å²) in [4.78, 5) is 16.6. The second-order valence-corrected chi connectivity index (χ2v) is 7.32. The van der Waals surface area contributed by atoms with Crippen molar-refractivity contribution in [2.75, 3.05) is 31.1 Å². The summed E-state index contributed by atoms with van der Waals surface area (Å²) in [6.45, 7) is 5.14. The van der Waals surface area contributed by atoms with E-state index in [1.54, 1.807) is 17.9 Å². The van der Waals surface area contributed by atoms with Gasteiger partial charge in [-0.05, 0) is 55.2 Å². The van der Waals surface area contributed by atoms with Crippen LogP contribution in [0.15, 0.2) is 36.4 Å². The average Bonchev–Trinajstić information content (AvgIpc) is 3.13. The summed E-state index contributed by atoms with van der Waals surface area (Å²) >= 11 is 0. The molecule has 0 bridgehead atoms. The predicted octanol–water partition coefficient (Wildman–Crippen LogP) is 3.68. The zero-order chi connectivity index (χ0) is 18.3. The van der Waals surface area contributed by atoms with Gasteiger partial charge in [0, 0.05) is 43.3 Å². The normalized spacial score (nSPS) is 17.5. The van der Waals surface area contributed by atoms with E-state index in [9.17, 15) is 14.3 Å². The number of hydrogen-bond donors (Lipinski definition) is 1. The van der Waals surface area contributed by atoms with Gasteiger partial charge in [0.05, 0.1) is 0 Å². The molecular formula is C21H23FN2O2. The molecule has 1 N–H and O–H groups in total. The van der Waals surface area contributed by atoms with E-state index >= 15 is 0 Å². The van der Waals surface area contributed by atoms with E-state index in [2.05, 4.69) is 29.2 Å². The highest BCUT2D eigenvalue weighted by Crippen LogP contribution is 2.31. The third-order valence-corrected chi connectivity index (χ3v) is 5.51. The van der Waals surface area contributed by atoms with E-state index in [4.69, 9.17) is 0 Å². The average molecular weight is 354 g/mol. The minimum Gasteiger partial charge on any atom is -0.505 e. The molecular weight excluding hydrogens is 331 g/mol. The van der Waals surface area contributed by atoms with Crippen LogP contribution in [0.5, 0.6) is 5.75 Å². The summed E-state index contributed by atoms with van der Waals surface area (Å²) in [5.41, 5.74) is 3.18. The number of benzene rings is 2. The quantitative estimate of drug-likeness (QED) is 0.914. The Balaban J connectivity index is 1.39. The van der Waals surface area contributed by atoms with Crippen LogP contribution in [0.2, 0.25) is 0 Å². The molecule has 26 heavy (non-hydrogen) atoms. The number of rotatable bonds is 3. The third kappa shape index (κ3) is 3.02. The lowest BCUT2D eigenvalue weighted by molar-refractivity contribution is 0.0601. The predicted molar refractivity (Wildman–Crippen MR) is 99.3 cm³/mol. The van der Waals surface area contributed by atoms with Crippen LogP contribution in [0.1, 0.15) is 40.2 Å². The molecule has 0 atom stereocenters. The van der Waals surface area contributed by atoms with Gasteiger partial charge in [-0.3, -0.25) is 4.79 Å². The largest absolute Gasteiger partial charge is 0.505 e. The zero-order valence-electron chi connectivity index (χ0n) is 14.9. The monoisotopic (exact) mass is 354 g/mol. The highest BCUT2D eigenvalue weighted by molar-refractivity contribution is 5.95. The highest BCUT2D eigenvalue weighted by Gasteiger charge is 2.32. The van der Waals surface area contributed by atoms with Crippen molar-refractivity contribution in [3.05, 3.63) is 58.9 Å². The lowest BCUT2D eigenvalue weighted by Crippen LogP contribution is -2.48. The Morgan fingerprint density at radius 1 is 1.12 bits per heavy atom. The van der Waals surface area contributed by atoms with Crippen LogP contribution in [0.4, 0.5) is 10.1 Å². The Morgan fingerprint density at radius 2 is 1.77 bits per heavy atom. The van der Waals surface area contributed by atoms with Gasteiger partial charge in [-0.15, -0.1) is 0 Å². The van der Waals surface area contributed by atoms with Crippen molar-refractivity contribution in [3.63, 3.8) is 0 Å². The van der Waals surface area contributed by atoms with E-state index < -0.39 is 5.82 Å². The fourth-order valence-corrected chi connectivity index (χ4v) is 3.83. The molecule has 0 aliphatic carbocycles. The number of aromatic hydroxyl groups is 1. The smallest absolute Gasteiger partial charge is 0.254 e. The number of halogens is 1. The van der Waals surface area contributed by atoms with Gasteiger partial charge >= 0.3 is 0 Å². The summed E-state index contributed by atoms with van der Waals surface area (Å²) in [6.07, 6.45) is 2.53. The van der Waals surface area contributed by atoms with Crippen LogP contribution in [0.3, 0.4) is 0 Å². The maximum absolute atomic E-state index is 13.7. The molecule has 0 spiro atoms. The first-order chi connectivity index (χ1) is 12.5. The summed E-state index contributed by atoms with van der Waals surface area (Å²) in [7, 11) is 0. The molecule has 2 aliphatic rings. The van der Waals surface area contributed by atoms with Crippen molar-refractivity contribution >= 4 is 11.6 Å². The minimum atomic E-state index is -0.747. The van der Waals surface area contributed by atoms with Gasteiger partial charge in [-0.25, -0.2) is 4.39 Å². The summed E-state index contributed by atoms with van der Waals surface area (Å²) in [5.74, 6) is -0.990. The number of carbonyl (C=O) groups is 1. The molecule has 2 fully saturated rings. The topological polar surface area (TPSA) is 43.8 Å². The molecule has 2 aromatic rings. The van der Waals surface area contributed by atoms with E-state index in [0.29, 0.717) is 30.1 Å². The number of hydrogen-bond acceptors (Lipinski definition) is 3. The molecule has 0 radical (unpaired) electrons. The van der Waals surface area contributed by atoms with Crippen LogP contribution in [0.25, 0.3) is 0 Å². The molecule has 2 aromatic carbocycles. The Kier molecular flexibility index (Phi) is 4.31. The van der Waals surface area contributed by atoms with Gasteiger partial charge in [0.25, 0.3) is 5.91 Å². The third-order valence-electron chi connectivity index (χ3n) is 5.51. The van der Waals surface area contributed by atoms with E-state index in [0.717, 1.165) is 19.2 Å². The van der Waals surface area contributed by atoms with Crippen molar-refractivity contribution in [1.82, 2.24) is 4.90 Å². The number of phenolic OH excluding ortho intramolecular Hbond substituents is 1. The number of carbonyl (C=O) groups excluding carboxylic acids is 1. The van der Waals surface area contributed by atoms with Crippen molar-refractivity contribution in [1.29, 1.82) is 0 Å². The second-order valence-electron chi connectivity index (χ2n) is 7.32. The highest BCUT2D eigenvalue weighted by atomic mass is 19.1. The van der Waals surface area contributed by atoms with E-state index in [1.165, 1.54) is 24.1 Å². The molecule has 0 unspecified atom stereocenters. The first-order valence-corrected chi connectivity index (χ1v) is 9.16. The fourth-order valence-electron chi connectivity index (χ4n) is 3.83. The molecule has 4 nitrogen and oxygen atoms in total. The van der Waals surface area contributed by atoms with Gasteiger partial charge < -0.3 is 14.9 Å². The fraction of sp³-hybridized carbons (Fsp3) is 0.381. The summed E-state index contributed by atoms with van der Waals surface area (Å²) in [5, 5.41) is 9.51. The molecule has 0 aromatic heterocycles.